The van der Waals surface area contributed by atoms with Gasteiger partial charge < -0.3 is 14.8 Å². The van der Waals surface area contributed by atoms with Crippen molar-refractivity contribution in [2.75, 3.05) is 23.3 Å². The van der Waals surface area contributed by atoms with Crippen molar-refractivity contribution < 1.29 is 27.6 Å². The molecule has 0 saturated heterocycles. The van der Waals surface area contributed by atoms with E-state index in [-0.39, 0.29) is 21.8 Å². The predicted molar refractivity (Wildman–Crippen MR) is 116 cm³/mol. The Labute approximate surface area is 183 Å². The fourth-order valence-corrected chi connectivity index (χ4v) is 4.12. The number of nitro benzene ring substituents is 1. The molecule has 1 aliphatic rings. The van der Waals surface area contributed by atoms with Crippen LogP contribution in [0.25, 0.3) is 0 Å². The van der Waals surface area contributed by atoms with Crippen molar-refractivity contribution in [2.24, 2.45) is 0 Å². The third-order valence-electron chi connectivity index (χ3n) is 4.57. The number of sulfonamides is 1. The van der Waals surface area contributed by atoms with E-state index < -0.39 is 20.9 Å². The number of ether oxygens (including phenoxy) is 2. The van der Waals surface area contributed by atoms with E-state index in [0.29, 0.717) is 30.4 Å². The van der Waals surface area contributed by atoms with Gasteiger partial charge in [-0.2, -0.15) is 0 Å². The van der Waals surface area contributed by atoms with Gasteiger partial charge in [0.15, 0.2) is 11.5 Å². The molecule has 1 amide bonds. The Balaban J connectivity index is 1.56. The van der Waals surface area contributed by atoms with Gasteiger partial charge in [-0.3, -0.25) is 19.6 Å². The Kier molecular flexibility index (Phi) is 5.65. The molecular formula is C21H17N3O7S. The number of hydrogen-bond acceptors (Lipinski definition) is 7. The van der Waals surface area contributed by atoms with Crippen molar-refractivity contribution in [1.29, 1.82) is 0 Å². The van der Waals surface area contributed by atoms with E-state index in [1.165, 1.54) is 12.1 Å². The lowest BCUT2D eigenvalue weighted by atomic mass is 10.1. The fraction of sp³-hybridized carbons (Fsp3) is 0.0952. The van der Waals surface area contributed by atoms with Crippen molar-refractivity contribution in [2.45, 2.75) is 4.90 Å². The van der Waals surface area contributed by atoms with E-state index in [2.05, 4.69) is 10.0 Å². The summed E-state index contributed by atoms with van der Waals surface area (Å²) in [7, 11) is -4.09. The van der Waals surface area contributed by atoms with Crippen LogP contribution in [0.3, 0.4) is 0 Å². The first-order valence-corrected chi connectivity index (χ1v) is 10.9. The van der Waals surface area contributed by atoms with Crippen LogP contribution in [0.5, 0.6) is 11.5 Å². The molecule has 0 aliphatic carbocycles. The maximum absolute atomic E-state index is 12.9. The summed E-state index contributed by atoms with van der Waals surface area (Å²) in [5.74, 6) is 0.537. The molecule has 0 saturated carbocycles. The summed E-state index contributed by atoms with van der Waals surface area (Å²) >= 11 is 0. The first-order valence-electron chi connectivity index (χ1n) is 9.41. The molecule has 10 nitrogen and oxygen atoms in total. The standard InChI is InChI=1S/C21H17N3O7S/c25-21(22-14-5-10-19-20(13-14)31-12-11-30-19)17-3-1-2-4-18(17)23-32(28,29)16-8-6-15(7-9-16)24(26)27/h1-10,13,23H,11-12H2,(H,22,25). The molecule has 4 rings (SSSR count). The van der Waals surface area contributed by atoms with Crippen LogP contribution in [-0.4, -0.2) is 32.5 Å². The molecule has 0 unspecified atom stereocenters. The van der Waals surface area contributed by atoms with Crippen LogP contribution in [0.4, 0.5) is 17.1 Å². The van der Waals surface area contributed by atoms with Gasteiger partial charge in [0.2, 0.25) is 0 Å². The minimum Gasteiger partial charge on any atom is -0.486 e. The van der Waals surface area contributed by atoms with E-state index in [0.717, 1.165) is 24.3 Å². The Morgan fingerprint density at radius 3 is 2.34 bits per heavy atom. The number of amides is 1. The van der Waals surface area contributed by atoms with Gasteiger partial charge in [0.1, 0.15) is 13.2 Å². The van der Waals surface area contributed by atoms with Crippen LogP contribution < -0.4 is 19.5 Å². The van der Waals surface area contributed by atoms with Gasteiger partial charge in [0.05, 0.1) is 21.1 Å². The largest absolute Gasteiger partial charge is 0.486 e. The molecule has 0 spiro atoms. The number of non-ortho nitro benzene ring substituents is 1. The van der Waals surface area contributed by atoms with Crippen molar-refractivity contribution in [3.8, 4) is 11.5 Å². The Hall–Kier alpha value is -4.12. The SMILES string of the molecule is O=C(Nc1ccc2c(c1)OCCO2)c1ccccc1NS(=O)(=O)c1ccc([N+](=O)[O-])cc1. The van der Waals surface area contributed by atoms with E-state index in [4.69, 9.17) is 9.47 Å². The summed E-state index contributed by atoms with van der Waals surface area (Å²) in [6.45, 7) is 0.846. The molecule has 2 N–H and O–H groups in total. The smallest absolute Gasteiger partial charge is 0.269 e. The van der Waals surface area contributed by atoms with Gasteiger partial charge in [-0.05, 0) is 36.4 Å². The van der Waals surface area contributed by atoms with Gasteiger partial charge in [0, 0.05) is 23.9 Å². The molecule has 3 aromatic rings. The Morgan fingerprint density at radius 2 is 1.62 bits per heavy atom. The van der Waals surface area contributed by atoms with Gasteiger partial charge in [-0.25, -0.2) is 8.42 Å². The molecule has 1 heterocycles. The molecule has 0 atom stereocenters. The number of fused-ring (bicyclic) bond motifs is 1. The third kappa shape index (κ3) is 4.47. The van der Waals surface area contributed by atoms with Crippen LogP contribution in [0.1, 0.15) is 10.4 Å². The second-order valence-corrected chi connectivity index (χ2v) is 8.40. The van der Waals surface area contributed by atoms with Crippen LogP contribution in [0, 0.1) is 10.1 Å². The second-order valence-electron chi connectivity index (χ2n) is 6.71. The number of carbonyl (C=O) groups excluding carboxylic acids is 1. The second kappa shape index (κ2) is 8.55. The van der Waals surface area contributed by atoms with E-state index in [1.807, 2.05) is 0 Å². The molecule has 164 valence electrons. The summed E-state index contributed by atoms with van der Waals surface area (Å²) in [6.07, 6.45) is 0. The van der Waals surface area contributed by atoms with Gasteiger partial charge in [0.25, 0.3) is 21.6 Å². The maximum atomic E-state index is 12.9. The molecule has 0 radical (unpaired) electrons. The highest BCUT2D eigenvalue weighted by atomic mass is 32.2. The number of benzene rings is 3. The first kappa shape index (κ1) is 21.1. The highest BCUT2D eigenvalue weighted by Crippen LogP contribution is 2.33. The molecule has 32 heavy (non-hydrogen) atoms. The number of hydrogen-bond donors (Lipinski definition) is 2. The number of carbonyl (C=O) groups is 1. The molecule has 11 heteroatoms. The number of para-hydroxylation sites is 1. The average Bonchev–Trinajstić information content (AvgIpc) is 2.79. The van der Waals surface area contributed by atoms with Crippen molar-refractivity contribution in [3.63, 3.8) is 0 Å². The minimum absolute atomic E-state index is 0.0564. The third-order valence-corrected chi connectivity index (χ3v) is 5.96. The lowest BCUT2D eigenvalue weighted by molar-refractivity contribution is -0.384. The van der Waals surface area contributed by atoms with E-state index >= 15 is 0 Å². The lowest BCUT2D eigenvalue weighted by Gasteiger charge is -2.19. The zero-order valence-electron chi connectivity index (χ0n) is 16.5. The number of nitrogens with one attached hydrogen (secondary N) is 2. The lowest BCUT2D eigenvalue weighted by Crippen LogP contribution is -2.19. The first-order chi connectivity index (χ1) is 15.3. The van der Waals surface area contributed by atoms with E-state index in [9.17, 15) is 23.3 Å². The van der Waals surface area contributed by atoms with E-state index in [1.54, 1.807) is 30.3 Å². The predicted octanol–water partition coefficient (Wildman–Crippen LogP) is 3.42. The summed E-state index contributed by atoms with van der Waals surface area (Å²) in [6, 6.07) is 15.5. The zero-order valence-corrected chi connectivity index (χ0v) is 17.3. The number of rotatable bonds is 6. The molecule has 0 fully saturated rings. The van der Waals surface area contributed by atoms with Crippen LogP contribution in [-0.2, 0) is 10.0 Å². The highest BCUT2D eigenvalue weighted by molar-refractivity contribution is 7.92. The maximum Gasteiger partial charge on any atom is 0.269 e. The van der Waals surface area contributed by atoms with Gasteiger partial charge in [-0.15, -0.1) is 0 Å². The number of nitrogens with zero attached hydrogens (tertiary/aromatic N) is 1. The van der Waals surface area contributed by atoms with Gasteiger partial charge in [-0.1, -0.05) is 12.1 Å². The van der Waals surface area contributed by atoms with Crippen molar-refractivity contribution >= 4 is 33.0 Å². The molecule has 3 aromatic carbocycles. The Morgan fingerprint density at radius 1 is 0.938 bits per heavy atom. The average molecular weight is 455 g/mol. The van der Waals surface area contributed by atoms with Crippen LogP contribution in [0.15, 0.2) is 71.6 Å². The normalized spacial score (nSPS) is 12.6. The molecular weight excluding hydrogens is 438 g/mol. The quantitative estimate of drug-likeness (QED) is 0.429. The fourth-order valence-electron chi connectivity index (χ4n) is 3.04. The van der Waals surface area contributed by atoms with Crippen LogP contribution in [0.2, 0.25) is 0 Å². The molecule has 0 bridgehead atoms. The molecule has 0 aromatic heterocycles. The zero-order chi connectivity index (χ0) is 22.7. The number of anilines is 2. The Bertz CT molecular complexity index is 1290. The van der Waals surface area contributed by atoms with Crippen molar-refractivity contribution in [1.82, 2.24) is 0 Å². The minimum atomic E-state index is -4.09. The monoisotopic (exact) mass is 455 g/mol. The number of nitro groups is 1. The topological polar surface area (TPSA) is 137 Å². The summed E-state index contributed by atoms with van der Waals surface area (Å²) in [5, 5.41) is 13.5. The van der Waals surface area contributed by atoms with Crippen LogP contribution >= 0.6 is 0 Å². The van der Waals surface area contributed by atoms with Crippen molar-refractivity contribution in [3.05, 3.63) is 82.4 Å². The van der Waals surface area contributed by atoms with Gasteiger partial charge >= 0.3 is 0 Å². The highest BCUT2D eigenvalue weighted by Gasteiger charge is 2.20. The molecule has 1 aliphatic heterocycles. The summed E-state index contributed by atoms with van der Waals surface area (Å²) in [4.78, 5) is 22.8. The summed E-state index contributed by atoms with van der Waals surface area (Å²) in [5.41, 5.74) is 0.365. The summed E-state index contributed by atoms with van der Waals surface area (Å²) < 4.78 is 38.8.